The van der Waals surface area contributed by atoms with E-state index < -0.39 is 30.6 Å². The maximum atomic E-state index is 11.9. The van der Waals surface area contributed by atoms with Crippen LogP contribution in [-0.4, -0.2) is 55.0 Å². The van der Waals surface area contributed by atoms with Gasteiger partial charge in [0.1, 0.15) is 5.75 Å². The molecule has 0 bridgehead atoms. The van der Waals surface area contributed by atoms with E-state index in [2.05, 4.69) is 5.32 Å². The minimum Gasteiger partial charge on any atom is -0.480 e. The predicted octanol–water partition coefficient (Wildman–Crippen LogP) is 2.94. The molecule has 0 radical (unpaired) electrons. The summed E-state index contributed by atoms with van der Waals surface area (Å²) >= 11 is 17.6. The van der Waals surface area contributed by atoms with Crippen LogP contribution in [0.5, 0.6) is 5.75 Å². The third kappa shape index (κ3) is 8.69. The zero-order chi connectivity index (χ0) is 20.8. The van der Waals surface area contributed by atoms with E-state index in [1.54, 1.807) is 0 Å². The monoisotopic (exact) mass is 438 g/mol. The lowest BCUT2D eigenvalue weighted by Crippen LogP contribution is -2.47. The van der Waals surface area contributed by atoms with Gasteiger partial charge in [0.05, 0.1) is 21.6 Å². The number of amides is 2. The second kappa shape index (κ2) is 10.0. The highest BCUT2D eigenvalue weighted by molar-refractivity contribution is 6.43. The van der Waals surface area contributed by atoms with Crippen molar-refractivity contribution in [2.24, 2.45) is 0 Å². The lowest BCUT2D eigenvalue weighted by Gasteiger charge is -2.23. The summed E-state index contributed by atoms with van der Waals surface area (Å²) < 4.78 is 10.0. The maximum absolute atomic E-state index is 11.9. The van der Waals surface area contributed by atoms with Gasteiger partial charge < -0.3 is 19.7 Å². The first kappa shape index (κ1) is 23.3. The van der Waals surface area contributed by atoms with Gasteiger partial charge in [-0.15, -0.1) is 0 Å². The molecule has 2 amide bonds. The fourth-order valence-electron chi connectivity index (χ4n) is 1.81. The second-order valence-corrected chi connectivity index (χ2v) is 7.92. The lowest BCUT2D eigenvalue weighted by atomic mass is 10.1. The van der Waals surface area contributed by atoms with Gasteiger partial charge in [0, 0.05) is 18.7 Å². The van der Waals surface area contributed by atoms with Gasteiger partial charge in [-0.2, -0.15) is 0 Å². The van der Waals surface area contributed by atoms with Crippen LogP contribution in [-0.2, 0) is 19.1 Å². The number of rotatable bonds is 7. The number of ether oxygens (including phenoxy) is 2. The summed E-state index contributed by atoms with van der Waals surface area (Å²) in [4.78, 5) is 36.6. The normalized spacial score (nSPS) is 10.9. The van der Waals surface area contributed by atoms with Gasteiger partial charge in [0.2, 0.25) is 5.91 Å². The molecule has 27 heavy (non-hydrogen) atoms. The molecule has 0 aliphatic heterocycles. The number of carbonyl (C=O) groups is 3. The van der Waals surface area contributed by atoms with Crippen LogP contribution in [0.1, 0.15) is 20.8 Å². The molecule has 10 heteroatoms. The molecule has 0 unspecified atom stereocenters. The van der Waals surface area contributed by atoms with E-state index in [4.69, 9.17) is 44.3 Å². The fourth-order valence-corrected chi connectivity index (χ4v) is 2.40. The topological polar surface area (TPSA) is 84.9 Å². The second-order valence-electron chi connectivity index (χ2n) is 6.69. The SMILES string of the molecule is CN(CC(=O)NC(C)(C)C)C(=O)COC(=O)COc1cc(Cl)c(Cl)cc1Cl. The third-order valence-electron chi connectivity index (χ3n) is 3.00. The highest BCUT2D eigenvalue weighted by Gasteiger charge is 2.19. The van der Waals surface area contributed by atoms with E-state index in [9.17, 15) is 14.4 Å². The van der Waals surface area contributed by atoms with Crippen LogP contribution in [0, 0.1) is 0 Å². The Labute approximate surface area is 172 Å². The molecule has 150 valence electrons. The Hall–Kier alpha value is -1.70. The Kier molecular flexibility index (Phi) is 8.65. The molecule has 0 heterocycles. The van der Waals surface area contributed by atoms with Crippen molar-refractivity contribution in [3.63, 3.8) is 0 Å². The molecule has 1 rings (SSSR count). The van der Waals surface area contributed by atoms with Crippen LogP contribution in [0.25, 0.3) is 0 Å². The smallest absolute Gasteiger partial charge is 0.344 e. The zero-order valence-electron chi connectivity index (χ0n) is 15.4. The summed E-state index contributed by atoms with van der Waals surface area (Å²) in [5.41, 5.74) is -0.406. The van der Waals surface area contributed by atoms with Gasteiger partial charge in [-0.3, -0.25) is 9.59 Å². The lowest BCUT2D eigenvalue weighted by molar-refractivity contribution is -0.153. The molecule has 0 saturated carbocycles. The van der Waals surface area contributed by atoms with E-state index in [0.29, 0.717) is 0 Å². The largest absolute Gasteiger partial charge is 0.480 e. The summed E-state index contributed by atoms with van der Waals surface area (Å²) in [5, 5.41) is 3.38. The molecule has 0 aromatic heterocycles. The summed E-state index contributed by atoms with van der Waals surface area (Å²) in [6.45, 7) is 4.34. The molecular weight excluding hydrogens is 419 g/mol. The van der Waals surface area contributed by atoms with E-state index in [1.807, 2.05) is 20.8 Å². The van der Waals surface area contributed by atoms with Gasteiger partial charge in [-0.05, 0) is 26.8 Å². The summed E-state index contributed by atoms with van der Waals surface area (Å²) in [6.07, 6.45) is 0. The number of hydrogen-bond donors (Lipinski definition) is 1. The first-order chi connectivity index (χ1) is 12.4. The predicted molar refractivity (Wildman–Crippen MR) is 103 cm³/mol. The number of benzene rings is 1. The Balaban J connectivity index is 2.42. The molecule has 0 spiro atoms. The standard InChI is InChI=1S/C17H21Cl3N2O5/c1-17(2,3)21-14(23)7-22(4)15(24)8-27-16(25)9-26-13-6-11(19)10(18)5-12(13)20/h5-6H,7-9H2,1-4H3,(H,21,23). The van der Waals surface area contributed by atoms with Crippen LogP contribution >= 0.6 is 34.8 Å². The van der Waals surface area contributed by atoms with Crippen molar-refractivity contribution in [3.05, 3.63) is 27.2 Å². The Bertz CT molecular complexity index is 719. The molecule has 7 nitrogen and oxygen atoms in total. The molecule has 1 aromatic carbocycles. The van der Waals surface area contributed by atoms with Gasteiger partial charge in [0.25, 0.3) is 5.91 Å². The van der Waals surface area contributed by atoms with Gasteiger partial charge in [-0.25, -0.2) is 4.79 Å². The van der Waals surface area contributed by atoms with Crippen molar-refractivity contribution in [3.8, 4) is 5.75 Å². The minimum absolute atomic E-state index is 0.150. The molecule has 0 saturated heterocycles. The average molecular weight is 440 g/mol. The van der Waals surface area contributed by atoms with Crippen molar-refractivity contribution in [2.75, 3.05) is 26.8 Å². The van der Waals surface area contributed by atoms with Crippen LogP contribution in [0.3, 0.4) is 0 Å². The first-order valence-electron chi connectivity index (χ1n) is 7.87. The number of likely N-dealkylation sites (N-methyl/N-ethyl adjacent to an activating group) is 1. The van der Waals surface area contributed by atoms with Gasteiger partial charge >= 0.3 is 5.97 Å². The Morgan fingerprint density at radius 1 is 1.04 bits per heavy atom. The number of halogens is 3. The average Bonchev–Trinajstić information content (AvgIpc) is 2.52. The van der Waals surface area contributed by atoms with Crippen molar-refractivity contribution in [2.45, 2.75) is 26.3 Å². The molecule has 1 N–H and O–H groups in total. The molecule has 0 atom stereocenters. The van der Waals surface area contributed by atoms with Crippen molar-refractivity contribution < 1.29 is 23.9 Å². The zero-order valence-corrected chi connectivity index (χ0v) is 17.7. The van der Waals surface area contributed by atoms with Crippen LogP contribution in [0.15, 0.2) is 12.1 Å². The molecule has 0 fully saturated rings. The van der Waals surface area contributed by atoms with E-state index in [1.165, 1.54) is 19.2 Å². The number of nitrogens with zero attached hydrogens (tertiary/aromatic N) is 1. The number of nitrogens with one attached hydrogen (secondary N) is 1. The molecular formula is C17H21Cl3N2O5. The number of hydrogen-bond acceptors (Lipinski definition) is 5. The number of esters is 1. The Morgan fingerprint density at radius 2 is 1.63 bits per heavy atom. The van der Waals surface area contributed by atoms with E-state index in [0.717, 1.165) is 4.90 Å². The molecule has 0 aliphatic carbocycles. The van der Waals surface area contributed by atoms with Crippen LogP contribution < -0.4 is 10.1 Å². The first-order valence-corrected chi connectivity index (χ1v) is 9.00. The highest BCUT2D eigenvalue weighted by Crippen LogP contribution is 2.33. The van der Waals surface area contributed by atoms with Crippen molar-refractivity contribution >= 4 is 52.6 Å². The van der Waals surface area contributed by atoms with Crippen LogP contribution in [0.2, 0.25) is 15.1 Å². The Morgan fingerprint density at radius 3 is 2.22 bits per heavy atom. The van der Waals surface area contributed by atoms with Crippen molar-refractivity contribution in [1.82, 2.24) is 10.2 Å². The fraction of sp³-hybridized carbons (Fsp3) is 0.471. The molecule has 1 aromatic rings. The van der Waals surface area contributed by atoms with Crippen LogP contribution in [0.4, 0.5) is 0 Å². The number of carbonyl (C=O) groups excluding carboxylic acids is 3. The van der Waals surface area contributed by atoms with Gasteiger partial charge in [-0.1, -0.05) is 34.8 Å². The summed E-state index contributed by atoms with van der Waals surface area (Å²) in [6, 6.07) is 2.75. The summed E-state index contributed by atoms with van der Waals surface area (Å²) in [5.74, 6) is -1.47. The summed E-state index contributed by atoms with van der Waals surface area (Å²) in [7, 11) is 1.43. The highest BCUT2D eigenvalue weighted by atomic mass is 35.5. The van der Waals surface area contributed by atoms with E-state index >= 15 is 0 Å². The third-order valence-corrected chi connectivity index (χ3v) is 4.02. The van der Waals surface area contributed by atoms with Gasteiger partial charge in [0.15, 0.2) is 13.2 Å². The maximum Gasteiger partial charge on any atom is 0.344 e. The minimum atomic E-state index is -0.780. The molecule has 0 aliphatic rings. The van der Waals surface area contributed by atoms with Crippen molar-refractivity contribution in [1.29, 1.82) is 0 Å². The van der Waals surface area contributed by atoms with E-state index in [-0.39, 0.29) is 33.3 Å². The quantitative estimate of drug-likeness (QED) is 0.521.